The van der Waals surface area contributed by atoms with Gasteiger partial charge in [0, 0.05) is 19.0 Å². The fraction of sp³-hybridized carbons (Fsp3) is 0.409. The number of sulfonamides is 1. The van der Waals surface area contributed by atoms with Crippen LogP contribution in [-0.2, 0) is 14.8 Å². The Balaban J connectivity index is 1.75. The third-order valence-electron chi connectivity index (χ3n) is 5.05. The largest absolute Gasteiger partial charge is 0.487 e. The number of ether oxygens (including phenoxy) is 1. The summed E-state index contributed by atoms with van der Waals surface area (Å²) in [5.74, 6) is 0.399. The van der Waals surface area contributed by atoms with Crippen molar-refractivity contribution in [3.05, 3.63) is 59.2 Å². The van der Waals surface area contributed by atoms with Crippen molar-refractivity contribution in [1.82, 2.24) is 9.62 Å². The van der Waals surface area contributed by atoms with E-state index in [4.69, 9.17) is 4.74 Å². The first-order valence-electron chi connectivity index (χ1n) is 9.60. The summed E-state index contributed by atoms with van der Waals surface area (Å²) in [6.07, 6.45) is 0.601. The minimum Gasteiger partial charge on any atom is -0.487 e. The second-order valence-electron chi connectivity index (χ2n) is 8.30. The van der Waals surface area contributed by atoms with Crippen molar-refractivity contribution >= 4 is 15.9 Å². The normalized spacial score (nSPS) is 18.1. The Morgan fingerprint density at radius 1 is 1.14 bits per heavy atom. The van der Waals surface area contributed by atoms with Crippen molar-refractivity contribution in [3.63, 3.8) is 0 Å². The summed E-state index contributed by atoms with van der Waals surface area (Å²) >= 11 is 0. The standard InChI is InChI=1S/C22H28N2O4S/c1-15-6-9-17(10-7-15)29(26,27)24(5)14-21(25)23-19-13-22(3,4)28-20-11-8-16(2)12-18(19)20/h6-12,19H,13-14H2,1-5H3,(H,23,25)/t19-/m0/s1. The number of amides is 1. The average Bonchev–Trinajstić information content (AvgIpc) is 2.62. The van der Waals surface area contributed by atoms with Crippen LogP contribution in [0.3, 0.4) is 0 Å². The van der Waals surface area contributed by atoms with Crippen LogP contribution in [0, 0.1) is 13.8 Å². The van der Waals surface area contributed by atoms with Gasteiger partial charge in [0.25, 0.3) is 0 Å². The molecule has 0 spiro atoms. The molecule has 1 aliphatic heterocycles. The lowest BCUT2D eigenvalue weighted by atomic mass is 9.89. The number of nitrogens with zero attached hydrogens (tertiary/aromatic N) is 1. The lowest BCUT2D eigenvalue weighted by Gasteiger charge is -2.38. The van der Waals surface area contributed by atoms with E-state index >= 15 is 0 Å². The van der Waals surface area contributed by atoms with E-state index in [9.17, 15) is 13.2 Å². The Morgan fingerprint density at radius 3 is 2.41 bits per heavy atom. The van der Waals surface area contributed by atoms with Crippen molar-refractivity contribution in [2.24, 2.45) is 0 Å². The zero-order valence-corrected chi connectivity index (χ0v) is 18.3. The van der Waals surface area contributed by atoms with Gasteiger partial charge in [0.2, 0.25) is 15.9 Å². The zero-order valence-electron chi connectivity index (χ0n) is 17.5. The maximum absolute atomic E-state index is 12.7. The highest BCUT2D eigenvalue weighted by molar-refractivity contribution is 7.89. The molecule has 0 bridgehead atoms. The highest BCUT2D eigenvalue weighted by Crippen LogP contribution is 2.39. The minimum atomic E-state index is -3.73. The molecule has 7 heteroatoms. The van der Waals surface area contributed by atoms with Gasteiger partial charge < -0.3 is 10.1 Å². The molecule has 6 nitrogen and oxygen atoms in total. The molecule has 0 fully saturated rings. The van der Waals surface area contributed by atoms with Gasteiger partial charge >= 0.3 is 0 Å². The fourth-order valence-electron chi connectivity index (χ4n) is 3.52. The molecule has 1 atom stereocenters. The molecule has 2 aromatic rings. The van der Waals surface area contributed by atoms with Crippen LogP contribution in [0.5, 0.6) is 5.75 Å². The highest BCUT2D eigenvalue weighted by Gasteiger charge is 2.35. The van der Waals surface area contributed by atoms with Crippen LogP contribution in [-0.4, -0.2) is 37.8 Å². The Bertz CT molecular complexity index is 1010. The highest BCUT2D eigenvalue weighted by atomic mass is 32.2. The number of aryl methyl sites for hydroxylation is 2. The van der Waals surface area contributed by atoms with E-state index in [1.165, 1.54) is 7.05 Å². The quantitative estimate of drug-likeness (QED) is 0.811. The predicted octanol–water partition coefficient (Wildman–Crippen LogP) is 3.34. The SMILES string of the molecule is Cc1ccc(S(=O)(=O)N(C)CC(=O)N[C@H]2CC(C)(C)Oc3ccc(C)cc32)cc1. The van der Waals surface area contributed by atoms with Crippen molar-refractivity contribution in [2.45, 2.75) is 50.7 Å². The monoisotopic (exact) mass is 416 g/mol. The van der Waals surface area contributed by atoms with Crippen LogP contribution in [0.4, 0.5) is 0 Å². The predicted molar refractivity (Wildman–Crippen MR) is 112 cm³/mol. The van der Waals surface area contributed by atoms with Crippen LogP contribution in [0.1, 0.15) is 43.0 Å². The Morgan fingerprint density at radius 2 is 1.76 bits per heavy atom. The van der Waals surface area contributed by atoms with E-state index in [1.807, 2.05) is 45.9 Å². The van der Waals surface area contributed by atoms with Crippen LogP contribution < -0.4 is 10.1 Å². The number of fused-ring (bicyclic) bond motifs is 1. The number of carbonyl (C=O) groups is 1. The molecule has 3 rings (SSSR count). The van der Waals surface area contributed by atoms with E-state index in [0.29, 0.717) is 6.42 Å². The van der Waals surface area contributed by atoms with Gasteiger partial charge in [0.05, 0.1) is 17.5 Å². The molecular formula is C22H28N2O4S. The third-order valence-corrected chi connectivity index (χ3v) is 6.87. The van der Waals surface area contributed by atoms with E-state index < -0.39 is 15.6 Å². The molecule has 0 saturated heterocycles. The maximum Gasteiger partial charge on any atom is 0.243 e. The van der Waals surface area contributed by atoms with E-state index in [-0.39, 0.29) is 23.4 Å². The van der Waals surface area contributed by atoms with E-state index in [0.717, 1.165) is 26.7 Å². The van der Waals surface area contributed by atoms with Gasteiger partial charge in [-0.05, 0) is 45.9 Å². The molecule has 2 aromatic carbocycles. The van der Waals surface area contributed by atoms with Gasteiger partial charge in [0.1, 0.15) is 11.4 Å². The molecule has 0 saturated carbocycles. The number of nitrogens with one attached hydrogen (secondary N) is 1. The fourth-order valence-corrected chi connectivity index (χ4v) is 4.65. The molecular weight excluding hydrogens is 388 g/mol. The number of benzene rings is 2. The van der Waals surface area contributed by atoms with E-state index in [2.05, 4.69) is 5.32 Å². The third kappa shape index (κ3) is 4.79. The topological polar surface area (TPSA) is 75.7 Å². The molecule has 29 heavy (non-hydrogen) atoms. The summed E-state index contributed by atoms with van der Waals surface area (Å²) in [6, 6.07) is 12.2. The molecule has 0 aromatic heterocycles. The van der Waals surface area contributed by atoms with Crippen LogP contribution >= 0.6 is 0 Å². The van der Waals surface area contributed by atoms with Gasteiger partial charge in [-0.15, -0.1) is 0 Å². The van der Waals surface area contributed by atoms with E-state index in [1.54, 1.807) is 24.3 Å². The lowest BCUT2D eigenvalue weighted by Crippen LogP contribution is -2.44. The number of likely N-dealkylation sites (N-methyl/N-ethyl adjacent to an activating group) is 1. The maximum atomic E-state index is 12.7. The van der Waals surface area contributed by atoms with Gasteiger partial charge in [-0.1, -0.05) is 35.4 Å². The zero-order chi connectivity index (χ0) is 21.4. The van der Waals surface area contributed by atoms with Crippen molar-refractivity contribution < 1.29 is 17.9 Å². The van der Waals surface area contributed by atoms with Gasteiger partial charge in [-0.2, -0.15) is 4.31 Å². The Labute approximate surface area is 172 Å². The van der Waals surface area contributed by atoms with Crippen LogP contribution in [0.15, 0.2) is 47.4 Å². The summed E-state index contributed by atoms with van der Waals surface area (Å²) in [4.78, 5) is 12.9. The molecule has 0 unspecified atom stereocenters. The van der Waals surface area contributed by atoms with Gasteiger partial charge in [-0.3, -0.25) is 4.79 Å². The minimum absolute atomic E-state index is 0.173. The molecule has 156 valence electrons. The first-order valence-corrected chi connectivity index (χ1v) is 11.0. The summed E-state index contributed by atoms with van der Waals surface area (Å²) in [5.41, 5.74) is 2.53. The molecule has 1 N–H and O–H groups in total. The second-order valence-corrected chi connectivity index (χ2v) is 10.3. The first-order chi connectivity index (χ1) is 13.5. The molecule has 0 aliphatic carbocycles. The van der Waals surface area contributed by atoms with Crippen LogP contribution in [0.25, 0.3) is 0 Å². The Kier molecular flexibility index (Phi) is 5.74. The first kappa shape index (κ1) is 21.3. The summed E-state index contributed by atoms with van der Waals surface area (Å²) in [7, 11) is -2.32. The van der Waals surface area contributed by atoms with Gasteiger partial charge in [-0.25, -0.2) is 8.42 Å². The van der Waals surface area contributed by atoms with Crippen LogP contribution in [0.2, 0.25) is 0 Å². The number of hydrogen-bond donors (Lipinski definition) is 1. The number of rotatable bonds is 5. The van der Waals surface area contributed by atoms with Crippen molar-refractivity contribution in [2.75, 3.05) is 13.6 Å². The molecule has 1 heterocycles. The number of hydrogen-bond acceptors (Lipinski definition) is 4. The molecule has 1 aliphatic rings. The summed E-state index contributed by atoms with van der Waals surface area (Å²) < 4.78 is 32.6. The lowest BCUT2D eigenvalue weighted by molar-refractivity contribution is -0.122. The molecule has 0 radical (unpaired) electrons. The van der Waals surface area contributed by atoms with Gasteiger partial charge in [0.15, 0.2) is 0 Å². The summed E-state index contributed by atoms with van der Waals surface area (Å²) in [5, 5.41) is 3.00. The van der Waals surface area contributed by atoms with Crippen molar-refractivity contribution in [1.29, 1.82) is 0 Å². The Hall–Kier alpha value is -2.38. The smallest absolute Gasteiger partial charge is 0.243 e. The second kappa shape index (κ2) is 7.80. The van der Waals surface area contributed by atoms with Crippen molar-refractivity contribution in [3.8, 4) is 5.75 Å². The number of carbonyl (C=O) groups excluding carboxylic acids is 1. The summed E-state index contributed by atoms with van der Waals surface area (Å²) in [6.45, 7) is 7.57. The molecule has 1 amide bonds. The average molecular weight is 417 g/mol.